The van der Waals surface area contributed by atoms with Crippen LogP contribution in [0.3, 0.4) is 0 Å². The van der Waals surface area contributed by atoms with E-state index in [4.69, 9.17) is 23.2 Å². The highest BCUT2D eigenvalue weighted by Crippen LogP contribution is 2.44. The Morgan fingerprint density at radius 3 is 2.65 bits per heavy atom. The fourth-order valence-corrected chi connectivity index (χ4v) is 5.41. The number of carbonyl (C=O) groups excluding carboxylic acids is 1. The van der Waals surface area contributed by atoms with Gasteiger partial charge in [0, 0.05) is 38.3 Å². The molecule has 2 unspecified atom stereocenters. The van der Waals surface area contributed by atoms with E-state index in [1.54, 1.807) is 12.1 Å². The zero-order chi connectivity index (χ0) is 23.8. The molecule has 3 aliphatic rings. The van der Waals surface area contributed by atoms with Crippen molar-refractivity contribution in [1.29, 1.82) is 0 Å². The Balaban J connectivity index is 1.28. The van der Waals surface area contributed by atoms with Gasteiger partial charge in [-0.05, 0) is 55.3 Å². The van der Waals surface area contributed by atoms with E-state index in [1.165, 1.54) is 19.2 Å². The third-order valence-electron chi connectivity index (χ3n) is 7.26. The molecule has 1 saturated heterocycles. The number of carbonyl (C=O) groups is 1. The molecule has 1 amide bonds. The van der Waals surface area contributed by atoms with Crippen molar-refractivity contribution in [2.75, 3.05) is 44.2 Å². The van der Waals surface area contributed by atoms with Gasteiger partial charge in [0.2, 0.25) is 5.91 Å². The monoisotopic (exact) mass is 505 g/mol. The summed E-state index contributed by atoms with van der Waals surface area (Å²) in [6, 6.07) is 5.46. The first-order valence-corrected chi connectivity index (χ1v) is 12.9. The van der Waals surface area contributed by atoms with Gasteiger partial charge in [-0.3, -0.25) is 4.79 Å². The van der Waals surface area contributed by atoms with Gasteiger partial charge in [-0.2, -0.15) is 0 Å². The molecule has 0 radical (unpaired) electrons. The fraction of sp³-hybridized carbons (Fsp3) is 0.560. The summed E-state index contributed by atoms with van der Waals surface area (Å²) in [6.07, 6.45) is 3.41. The smallest absolute Gasteiger partial charge is 0.231 e. The molecule has 5 rings (SSSR count). The minimum atomic E-state index is -1.02. The van der Waals surface area contributed by atoms with E-state index in [1.807, 2.05) is 17.9 Å². The second kappa shape index (κ2) is 9.96. The van der Waals surface area contributed by atoms with Gasteiger partial charge in [0.15, 0.2) is 0 Å². The molecule has 2 fully saturated rings. The van der Waals surface area contributed by atoms with Gasteiger partial charge in [-0.1, -0.05) is 36.2 Å². The minimum absolute atomic E-state index is 0.0893. The molecule has 1 aromatic carbocycles. The number of rotatable bonds is 7. The van der Waals surface area contributed by atoms with E-state index >= 15 is 0 Å². The normalized spacial score (nSPS) is 23.2. The third kappa shape index (κ3) is 4.88. The van der Waals surface area contributed by atoms with Crippen molar-refractivity contribution in [2.24, 2.45) is 5.92 Å². The zero-order valence-electron chi connectivity index (χ0n) is 19.3. The highest BCUT2D eigenvalue weighted by Gasteiger charge is 2.36. The standard InChI is InChI=1S/C25H30Cl2FN5O/c1-15-10-21(28)23-22(15)24(31-14-30-23)32-6-8-33(9-7-32)25(34)18(13-29-12-16-2-3-16)17-4-5-19(26)20(27)11-17/h4-5,11,14-16,18,21,29H,2-3,6-10,12-13H2,1H3/t15?,18-,21?/m1/s1. The van der Waals surface area contributed by atoms with Gasteiger partial charge in [0.25, 0.3) is 0 Å². The molecule has 3 atom stereocenters. The third-order valence-corrected chi connectivity index (χ3v) is 8.00. The van der Waals surface area contributed by atoms with Crippen LogP contribution in [0.1, 0.15) is 61.0 Å². The molecule has 6 nitrogen and oxygen atoms in total. The van der Waals surface area contributed by atoms with Crippen molar-refractivity contribution in [2.45, 2.75) is 44.2 Å². The van der Waals surface area contributed by atoms with Crippen LogP contribution in [0.25, 0.3) is 0 Å². The lowest BCUT2D eigenvalue weighted by molar-refractivity contribution is -0.133. The first-order chi connectivity index (χ1) is 16.4. The summed E-state index contributed by atoms with van der Waals surface area (Å²) in [4.78, 5) is 26.4. The second-order valence-corrected chi connectivity index (χ2v) is 10.6. The van der Waals surface area contributed by atoms with Crippen molar-refractivity contribution in [1.82, 2.24) is 20.2 Å². The largest absolute Gasteiger partial charge is 0.353 e. The van der Waals surface area contributed by atoms with Crippen LogP contribution in [0, 0.1) is 5.92 Å². The van der Waals surface area contributed by atoms with E-state index in [9.17, 15) is 9.18 Å². The van der Waals surface area contributed by atoms with E-state index in [0.717, 1.165) is 29.4 Å². The van der Waals surface area contributed by atoms with Crippen LogP contribution in [-0.4, -0.2) is 60.0 Å². The first kappa shape index (κ1) is 23.8. The molecule has 2 aromatic rings. The van der Waals surface area contributed by atoms with Crippen molar-refractivity contribution in [3.63, 3.8) is 0 Å². The topological polar surface area (TPSA) is 61.4 Å². The number of piperazine rings is 1. The summed E-state index contributed by atoms with van der Waals surface area (Å²) in [7, 11) is 0. The Kier molecular flexibility index (Phi) is 6.96. The van der Waals surface area contributed by atoms with E-state index in [2.05, 4.69) is 20.2 Å². The van der Waals surface area contributed by atoms with Gasteiger partial charge < -0.3 is 15.1 Å². The molecule has 2 aliphatic carbocycles. The number of aromatic nitrogens is 2. The number of fused-ring (bicyclic) bond motifs is 1. The predicted molar refractivity (Wildman–Crippen MR) is 133 cm³/mol. The Morgan fingerprint density at radius 1 is 1.18 bits per heavy atom. The van der Waals surface area contributed by atoms with E-state index < -0.39 is 6.17 Å². The molecule has 182 valence electrons. The molecule has 1 N–H and O–H groups in total. The minimum Gasteiger partial charge on any atom is -0.353 e. The summed E-state index contributed by atoms with van der Waals surface area (Å²) in [5.41, 5.74) is 2.33. The van der Waals surface area contributed by atoms with Crippen LogP contribution >= 0.6 is 23.2 Å². The number of benzene rings is 1. The van der Waals surface area contributed by atoms with Gasteiger partial charge in [0.05, 0.1) is 21.7 Å². The number of nitrogens with one attached hydrogen (secondary N) is 1. The maximum Gasteiger partial charge on any atom is 0.231 e. The van der Waals surface area contributed by atoms with Crippen LogP contribution in [0.2, 0.25) is 10.0 Å². The summed E-state index contributed by atoms with van der Waals surface area (Å²) < 4.78 is 14.4. The molecule has 1 saturated carbocycles. The highest BCUT2D eigenvalue weighted by molar-refractivity contribution is 6.42. The Bertz CT molecular complexity index is 1060. The lowest BCUT2D eigenvalue weighted by atomic mass is 9.96. The van der Waals surface area contributed by atoms with Crippen molar-refractivity contribution in [3.05, 3.63) is 51.4 Å². The maximum absolute atomic E-state index is 14.4. The SMILES string of the molecule is CC1CC(F)c2ncnc(N3CCN(C(=O)[C@H](CNCC4CC4)c4ccc(Cl)c(Cl)c4)CC3)c21. The van der Waals surface area contributed by atoms with Crippen molar-refractivity contribution < 1.29 is 9.18 Å². The molecular formula is C25H30Cl2FN5O. The number of alkyl halides is 1. The predicted octanol–water partition coefficient (Wildman–Crippen LogP) is 4.73. The molecule has 1 aliphatic heterocycles. The van der Waals surface area contributed by atoms with Crippen LogP contribution in [0.5, 0.6) is 0 Å². The summed E-state index contributed by atoms with van der Waals surface area (Å²) in [6.45, 7) is 6.03. The molecular weight excluding hydrogens is 476 g/mol. The van der Waals surface area contributed by atoms with E-state index in [0.29, 0.717) is 54.9 Å². The molecule has 2 heterocycles. The number of halogens is 3. The number of hydrogen-bond acceptors (Lipinski definition) is 5. The van der Waals surface area contributed by atoms with Crippen molar-refractivity contribution >= 4 is 34.9 Å². The van der Waals surface area contributed by atoms with Crippen LogP contribution < -0.4 is 10.2 Å². The van der Waals surface area contributed by atoms with Crippen LogP contribution in [0.4, 0.5) is 10.2 Å². The molecule has 9 heteroatoms. The molecule has 1 aromatic heterocycles. The average Bonchev–Trinajstić information content (AvgIpc) is 3.62. The average molecular weight is 506 g/mol. The number of hydrogen-bond donors (Lipinski definition) is 1. The second-order valence-electron chi connectivity index (χ2n) is 9.74. The number of amides is 1. The first-order valence-electron chi connectivity index (χ1n) is 12.1. The molecule has 34 heavy (non-hydrogen) atoms. The Hall–Kier alpha value is -1.96. The van der Waals surface area contributed by atoms with Gasteiger partial charge >= 0.3 is 0 Å². The van der Waals surface area contributed by atoms with Gasteiger partial charge in [-0.15, -0.1) is 0 Å². The molecule has 0 bridgehead atoms. The molecule has 0 spiro atoms. The fourth-order valence-electron chi connectivity index (χ4n) is 5.10. The number of anilines is 1. The lowest BCUT2D eigenvalue weighted by Crippen LogP contribution is -2.51. The lowest BCUT2D eigenvalue weighted by Gasteiger charge is -2.38. The summed E-state index contributed by atoms with van der Waals surface area (Å²) in [5.74, 6) is 1.41. The van der Waals surface area contributed by atoms with Crippen LogP contribution in [0.15, 0.2) is 24.5 Å². The highest BCUT2D eigenvalue weighted by atomic mass is 35.5. The Morgan fingerprint density at radius 2 is 1.94 bits per heavy atom. The number of nitrogens with zero attached hydrogens (tertiary/aromatic N) is 4. The summed E-state index contributed by atoms with van der Waals surface area (Å²) in [5, 5.41) is 4.43. The van der Waals surface area contributed by atoms with Gasteiger partial charge in [-0.25, -0.2) is 14.4 Å². The quantitative estimate of drug-likeness (QED) is 0.589. The van der Waals surface area contributed by atoms with Crippen molar-refractivity contribution in [3.8, 4) is 0 Å². The zero-order valence-corrected chi connectivity index (χ0v) is 20.8. The maximum atomic E-state index is 14.4. The van der Waals surface area contributed by atoms with Gasteiger partial charge in [0.1, 0.15) is 18.3 Å². The summed E-state index contributed by atoms with van der Waals surface area (Å²) >= 11 is 12.4. The Labute approximate surface area is 209 Å². The van der Waals surface area contributed by atoms with Crippen LogP contribution in [-0.2, 0) is 4.79 Å². The van der Waals surface area contributed by atoms with E-state index in [-0.39, 0.29) is 17.7 Å².